The molecule has 1 saturated carbocycles. The van der Waals surface area contributed by atoms with Crippen LogP contribution in [0.4, 0.5) is 0 Å². The summed E-state index contributed by atoms with van der Waals surface area (Å²) >= 11 is 0. The molecule has 2 rings (SSSR count). The molecule has 0 bridgehead atoms. The minimum atomic E-state index is -0.532. The van der Waals surface area contributed by atoms with Crippen molar-refractivity contribution in [2.24, 2.45) is 4.99 Å². The van der Waals surface area contributed by atoms with Crippen LogP contribution in [0.2, 0.25) is 0 Å². The SMILES string of the molecule is CCNC(=NCc1ccc(C)cc1C)NCC1(O)CCC1.I. The van der Waals surface area contributed by atoms with E-state index in [0.29, 0.717) is 13.1 Å². The van der Waals surface area contributed by atoms with E-state index in [-0.39, 0.29) is 24.0 Å². The standard InChI is InChI=1S/C17H27N3O.HI/c1-4-18-16(20-12-17(21)8-5-9-17)19-11-15-7-6-13(2)10-14(15)3;/h6-7,10,21H,4-5,8-9,11-12H2,1-3H3,(H2,18,19,20);1H. The molecule has 0 radical (unpaired) electrons. The summed E-state index contributed by atoms with van der Waals surface area (Å²) in [5.74, 6) is 0.776. The summed E-state index contributed by atoms with van der Waals surface area (Å²) < 4.78 is 0. The average Bonchev–Trinajstić information content (AvgIpc) is 2.41. The van der Waals surface area contributed by atoms with Crippen LogP contribution in [0.3, 0.4) is 0 Å². The van der Waals surface area contributed by atoms with Crippen LogP contribution < -0.4 is 10.6 Å². The van der Waals surface area contributed by atoms with Gasteiger partial charge in [0.25, 0.3) is 0 Å². The van der Waals surface area contributed by atoms with Gasteiger partial charge in [-0.15, -0.1) is 24.0 Å². The monoisotopic (exact) mass is 417 g/mol. The first-order valence-electron chi connectivity index (χ1n) is 7.83. The Kier molecular flexibility index (Phi) is 7.62. The van der Waals surface area contributed by atoms with Crippen molar-refractivity contribution in [3.8, 4) is 0 Å². The van der Waals surface area contributed by atoms with E-state index < -0.39 is 5.60 Å². The Balaban J connectivity index is 0.00000242. The predicted molar refractivity (Wildman–Crippen MR) is 103 cm³/mol. The highest BCUT2D eigenvalue weighted by Gasteiger charge is 2.34. The molecule has 22 heavy (non-hydrogen) atoms. The molecule has 0 amide bonds. The zero-order valence-electron chi connectivity index (χ0n) is 13.8. The molecule has 1 aliphatic carbocycles. The molecule has 3 N–H and O–H groups in total. The third-order valence-corrected chi connectivity index (χ3v) is 4.12. The van der Waals surface area contributed by atoms with Crippen molar-refractivity contribution in [2.45, 2.75) is 52.2 Å². The second kappa shape index (κ2) is 8.72. The largest absolute Gasteiger partial charge is 0.388 e. The zero-order valence-corrected chi connectivity index (χ0v) is 16.1. The molecule has 5 heteroatoms. The molecule has 124 valence electrons. The first kappa shape index (κ1) is 19.2. The molecule has 4 nitrogen and oxygen atoms in total. The predicted octanol–water partition coefficient (Wildman–Crippen LogP) is 2.89. The molecular weight excluding hydrogens is 389 g/mol. The summed E-state index contributed by atoms with van der Waals surface area (Å²) in [4.78, 5) is 4.62. The summed E-state index contributed by atoms with van der Waals surface area (Å²) in [6, 6.07) is 6.44. The van der Waals surface area contributed by atoms with Crippen molar-refractivity contribution in [3.63, 3.8) is 0 Å². The highest BCUT2D eigenvalue weighted by molar-refractivity contribution is 14.0. The minimum absolute atomic E-state index is 0. The van der Waals surface area contributed by atoms with Crippen molar-refractivity contribution >= 4 is 29.9 Å². The van der Waals surface area contributed by atoms with E-state index in [1.807, 2.05) is 6.92 Å². The Morgan fingerprint density at radius 2 is 2.00 bits per heavy atom. The van der Waals surface area contributed by atoms with Gasteiger partial charge in [0.15, 0.2) is 5.96 Å². The van der Waals surface area contributed by atoms with E-state index in [1.165, 1.54) is 16.7 Å². The fraction of sp³-hybridized carbons (Fsp3) is 0.588. The summed E-state index contributed by atoms with van der Waals surface area (Å²) in [5.41, 5.74) is 3.25. The van der Waals surface area contributed by atoms with Crippen LogP contribution in [0.5, 0.6) is 0 Å². The summed E-state index contributed by atoms with van der Waals surface area (Å²) in [6.45, 7) is 8.31. The summed E-state index contributed by atoms with van der Waals surface area (Å²) in [7, 11) is 0. The van der Waals surface area contributed by atoms with Crippen molar-refractivity contribution in [1.82, 2.24) is 10.6 Å². The van der Waals surface area contributed by atoms with Crippen LogP contribution in [-0.4, -0.2) is 29.8 Å². The topological polar surface area (TPSA) is 56.7 Å². The van der Waals surface area contributed by atoms with Gasteiger partial charge in [0.1, 0.15) is 0 Å². The Morgan fingerprint density at radius 3 is 2.55 bits per heavy atom. The molecule has 0 saturated heterocycles. The molecule has 0 aromatic heterocycles. The maximum Gasteiger partial charge on any atom is 0.191 e. The van der Waals surface area contributed by atoms with Crippen molar-refractivity contribution in [1.29, 1.82) is 0 Å². The van der Waals surface area contributed by atoms with Gasteiger partial charge in [-0.25, -0.2) is 4.99 Å². The number of hydrogen-bond acceptors (Lipinski definition) is 2. The first-order chi connectivity index (χ1) is 10.0. The van der Waals surface area contributed by atoms with Crippen molar-refractivity contribution in [3.05, 3.63) is 34.9 Å². The molecule has 0 unspecified atom stereocenters. The maximum atomic E-state index is 10.1. The molecule has 1 fully saturated rings. The van der Waals surface area contributed by atoms with E-state index in [2.05, 4.69) is 47.7 Å². The van der Waals surface area contributed by atoms with Crippen molar-refractivity contribution < 1.29 is 5.11 Å². The number of nitrogens with zero attached hydrogens (tertiary/aromatic N) is 1. The number of benzene rings is 1. The number of hydrogen-bond donors (Lipinski definition) is 3. The third-order valence-electron chi connectivity index (χ3n) is 4.12. The van der Waals surface area contributed by atoms with Gasteiger partial charge in [-0.05, 0) is 51.2 Å². The van der Waals surface area contributed by atoms with Gasteiger partial charge in [0.05, 0.1) is 12.1 Å². The van der Waals surface area contributed by atoms with Gasteiger partial charge in [-0.3, -0.25) is 0 Å². The third kappa shape index (κ3) is 5.43. The molecule has 1 aliphatic rings. The lowest BCUT2D eigenvalue weighted by Crippen LogP contribution is -2.50. The van der Waals surface area contributed by atoms with E-state index in [1.54, 1.807) is 0 Å². The fourth-order valence-corrected chi connectivity index (χ4v) is 2.54. The van der Waals surface area contributed by atoms with Gasteiger partial charge < -0.3 is 15.7 Å². The van der Waals surface area contributed by atoms with Crippen LogP contribution in [0.1, 0.15) is 42.9 Å². The molecule has 0 atom stereocenters. The molecule has 1 aromatic carbocycles. The number of nitrogens with one attached hydrogen (secondary N) is 2. The lowest BCUT2D eigenvalue weighted by molar-refractivity contribution is -0.0279. The maximum absolute atomic E-state index is 10.1. The number of rotatable bonds is 5. The lowest BCUT2D eigenvalue weighted by atomic mass is 9.80. The van der Waals surface area contributed by atoms with Crippen LogP contribution in [-0.2, 0) is 6.54 Å². The number of guanidine groups is 1. The molecule has 1 aromatic rings. The Bertz CT molecular complexity index is 513. The molecular formula is C17H28IN3O. The number of aliphatic imine (C=N–C) groups is 1. The minimum Gasteiger partial charge on any atom is -0.388 e. The quantitative estimate of drug-likeness (QED) is 0.392. The smallest absolute Gasteiger partial charge is 0.191 e. The zero-order chi connectivity index (χ0) is 15.3. The van der Waals surface area contributed by atoms with Crippen LogP contribution >= 0.6 is 24.0 Å². The highest BCUT2D eigenvalue weighted by Crippen LogP contribution is 2.30. The van der Waals surface area contributed by atoms with Gasteiger partial charge in [-0.1, -0.05) is 23.8 Å². The average molecular weight is 417 g/mol. The van der Waals surface area contributed by atoms with E-state index in [9.17, 15) is 5.11 Å². The Morgan fingerprint density at radius 1 is 1.27 bits per heavy atom. The lowest BCUT2D eigenvalue weighted by Gasteiger charge is -2.37. The first-order valence-corrected chi connectivity index (χ1v) is 7.83. The van der Waals surface area contributed by atoms with Gasteiger partial charge in [0.2, 0.25) is 0 Å². The van der Waals surface area contributed by atoms with Crippen molar-refractivity contribution in [2.75, 3.05) is 13.1 Å². The number of aliphatic hydroxyl groups is 1. The number of halogens is 1. The van der Waals surface area contributed by atoms with Crippen LogP contribution in [0.15, 0.2) is 23.2 Å². The highest BCUT2D eigenvalue weighted by atomic mass is 127. The van der Waals surface area contributed by atoms with E-state index in [0.717, 1.165) is 31.8 Å². The van der Waals surface area contributed by atoms with Gasteiger partial charge in [-0.2, -0.15) is 0 Å². The normalized spacial score (nSPS) is 16.5. The molecule has 0 aliphatic heterocycles. The van der Waals surface area contributed by atoms with Crippen LogP contribution in [0, 0.1) is 13.8 Å². The molecule has 0 spiro atoms. The van der Waals surface area contributed by atoms with E-state index >= 15 is 0 Å². The second-order valence-corrected chi connectivity index (χ2v) is 6.06. The van der Waals surface area contributed by atoms with Gasteiger partial charge in [0, 0.05) is 13.1 Å². The van der Waals surface area contributed by atoms with Crippen LogP contribution in [0.25, 0.3) is 0 Å². The summed E-state index contributed by atoms with van der Waals surface area (Å²) in [5, 5.41) is 16.6. The fourth-order valence-electron chi connectivity index (χ4n) is 2.54. The second-order valence-electron chi connectivity index (χ2n) is 6.06. The molecule has 0 heterocycles. The van der Waals surface area contributed by atoms with Gasteiger partial charge >= 0.3 is 0 Å². The summed E-state index contributed by atoms with van der Waals surface area (Å²) in [6.07, 6.45) is 2.89. The Hall–Kier alpha value is -0.820. The van der Waals surface area contributed by atoms with E-state index in [4.69, 9.17) is 0 Å². The number of aryl methyl sites for hydroxylation is 2. The Labute approximate surface area is 150 Å².